The van der Waals surface area contributed by atoms with Crippen molar-refractivity contribution in [2.75, 3.05) is 6.54 Å². The van der Waals surface area contributed by atoms with Gasteiger partial charge in [-0.25, -0.2) is 0 Å². The van der Waals surface area contributed by atoms with E-state index in [4.69, 9.17) is 9.47 Å². The molecule has 4 heteroatoms. The van der Waals surface area contributed by atoms with Gasteiger partial charge in [0.2, 0.25) is 0 Å². The molecule has 17 heavy (non-hydrogen) atoms. The van der Waals surface area contributed by atoms with E-state index in [1.54, 1.807) is 0 Å². The SMILES string of the molecule is CC1(C)O[C@@H]2[C@@H]3C=C[C@H]4C(CNC(=O)[C@@]24O1)C3. The zero-order chi connectivity index (χ0) is 11.8. The van der Waals surface area contributed by atoms with Gasteiger partial charge in [-0.05, 0) is 26.2 Å². The van der Waals surface area contributed by atoms with E-state index in [0.717, 1.165) is 13.0 Å². The van der Waals surface area contributed by atoms with E-state index in [1.807, 2.05) is 13.8 Å². The van der Waals surface area contributed by atoms with Crippen LogP contribution in [0.5, 0.6) is 0 Å². The Kier molecular flexibility index (Phi) is 1.63. The van der Waals surface area contributed by atoms with Crippen LogP contribution in [0.25, 0.3) is 0 Å². The average Bonchev–Trinajstić information content (AvgIpc) is 2.58. The quantitative estimate of drug-likeness (QED) is 0.633. The largest absolute Gasteiger partial charge is 0.353 e. The molecule has 4 bridgehead atoms. The average molecular weight is 235 g/mol. The van der Waals surface area contributed by atoms with Crippen LogP contribution >= 0.6 is 0 Å². The molecule has 1 saturated carbocycles. The van der Waals surface area contributed by atoms with Crippen molar-refractivity contribution in [3.8, 4) is 0 Å². The number of amides is 1. The number of carbonyl (C=O) groups is 1. The summed E-state index contributed by atoms with van der Waals surface area (Å²) < 4.78 is 12.1. The second-order valence-electron chi connectivity index (χ2n) is 6.11. The molecule has 1 N–H and O–H groups in total. The maximum atomic E-state index is 12.3. The van der Waals surface area contributed by atoms with Crippen LogP contribution in [0, 0.1) is 17.8 Å². The molecule has 3 fully saturated rings. The number of hydrogen-bond acceptors (Lipinski definition) is 3. The van der Waals surface area contributed by atoms with Crippen molar-refractivity contribution in [1.29, 1.82) is 0 Å². The second kappa shape index (κ2) is 2.75. The van der Waals surface area contributed by atoms with E-state index >= 15 is 0 Å². The van der Waals surface area contributed by atoms with Gasteiger partial charge in [0, 0.05) is 18.4 Å². The normalized spacial score (nSPS) is 53.4. The predicted molar refractivity (Wildman–Crippen MR) is 60.0 cm³/mol. The maximum Gasteiger partial charge on any atom is 0.255 e. The Hall–Kier alpha value is -0.870. The summed E-state index contributed by atoms with van der Waals surface area (Å²) in [5.74, 6) is 0.391. The first kappa shape index (κ1) is 10.1. The maximum absolute atomic E-state index is 12.3. The molecule has 0 aromatic heterocycles. The smallest absolute Gasteiger partial charge is 0.255 e. The van der Waals surface area contributed by atoms with Crippen molar-refractivity contribution >= 4 is 5.91 Å². The lowest BCUT2D eigenvalue weighted by molar-refractivity contribution is -0.188. The molecule has 5 atom stereocenters. The van der Waals surface area contributed by atoms with Gasteiger partial charge in [0.1, 0.15) is 6.10 Å². The number of hydrogen-bond donors (Lipinski definition) is 1. The lowest BCUT2D eigenvalue weighted by atomic mass is 9.57. The number of ether oxygens (including phenoxy) is 2. The number of carbonyl (C=O) groups excluding carboxylic acids is 1. The van der Waals surface area contributed by atoms with Crippen LogP contribution in [-0.2, 0) is 14.3 Å². The molecule has 0 radical (unpaired) electrons. The summed E-state index contributed by atoms with van der Waals surface area (Å²) >= 11 is 0. The molecule has 2 heterocycles. The summed E-state index contributed by atoms with van der Waals surface area (Å²) in [7, 11) is 0. The van der Waals surface area contributed by atoms with Crippen LogP contribution in [0.4, 0.5) is 0 Å². The van der Waals surface area contributed by atoms with E-state index in [0.29, 0.717) is 11.8 Å². The predicted octanol–water partition coefficient (Wildman–Crippen LogP) is 0.829. The van der Waals surface area contributed by atoms with Crippen molar-refractivity contribution < 1.29 is 14.3 Å². The van der Waals surface area contributed by atoms with Crippen LogP contribution in [0.15, 0.2) is 12.2 Å². The summed E-state index contributed by atoms with van der Waals surface area (Å²) in [5.41, 5.74) is -0.760. The number of rotatable bonds is 0. The minimum absolute atomic E-state index is 0.0170. The first-order valence-electron chi connectivity index (χ1n) is 6.37. The molecule has 1 amide bonds. The Morgan fingerprint density at radius 2 is 2.24 bits per heavy atom. The van der Waals surface area contributed by atoms with E-state index in [9.17, 15) is 4.79 Å². The molecule has 92 valence electrons. The van der Waals surface area contributed by atoms with Gasteiger partial charge < -0.3 is 14.8 Å². The lowest BCUT2D eigenvalue weighted by Gasteiger charge is -2.54. The zero-order valence-electron chi connectivity index (χ0n) is 10.1. The van der Waals surface area contributed by atoms with Crippen molar-refractivity contribution in [1.82, 2.24) is 5.32 Å². The summed E-state index contributed by atoms with van der Waals surface area (Å²) in [5, 5.41) is 2.99. The summed E-state index contributed by atoms with van der Waals surface area (Å²) in [6.07, 6.45) is 5.39. The fourth-order valence-corrected chi connectivity index (χ4v) is 4.16. The van der Waals surface area contributed by atoms with Crippen molar-refractivity contribution in [2.24, 2.45) is 17.8 Å². The van der Waals surface area contributed by atoms with Crippen molar-refractivity contribution in [3.05, 3.63) is 12.2 Å². The van der Waals surface area contributed by atoms with Crippen molar-refractivity contribution in [3.63, 3.8) is 0 Å². The molecule has 4 nitrogen and oxygen atoms in total. The molecular formula is C13H17NO3. The van der Waals surface area contributed by atoms with Crippen LogP contribution < -0.4 is 5.32 Å². The minimum atomic E-state index is -0.760. The summed E-state index contributed by atoms with van der Waals surface area (Å²) in [4.78, 5) is 12.3. The molecule has 0 aromatic carbocycles. The fraction of sp³-hybridized carbons (Fsp3) is 0.769. The van der Waals surface area contributed by atoms with Gasteiger partial charge in [-0.2, -0.15) is 0 Å². The van der Waals surface area contributed by atoms with Crippen LogP contribution in [0.3, 0.4) is 0 Å². The topological polar surface area (TPSA) is 47.6 Å². The van der Waals surface area contributed by atoms with Crippen LogP contribution in [-0.4, -0.2) is 29.9 Å². The third-order valence-electron chi connectivity index (χ3n) is 4.66. The van der Waals surface area contributed by atoms with Gasteiger partial charge in [0.25, 0.3) is 5.91 Å². The molecule has 3 aliphatic carbocycles. The Morgan fingerprint density at radius 3 is 3.06 bits per heavy atom. The van der Waals surface area contributed by atoms with Gasteiger partial charge in [0.15, 0.2) is 11.4 Å². The number of piperidine rings is 1. The Labute approximate surface area is 100 Å². The van der Waals surface area contributed by atoms with Crippen LogP contribution in [0.2, 0.25) is 0 Å². The highest BCUT2D eigenvalue weighted by atomic mass is 16.8. The molecule has 1 spiro atoms. The third kappa shape index (κ3) is 1.04. The van der Waals surface area contributed by atoms with E-state index in [1.165, 1.54) is 0 Å². The van der Waals surface area contributed by atoms with E-state index < -0.39 is 11.4 Å². The summed E-state index contributed by atoms with van der Waals surface area (Å²) in [6, 6.07) is 0. The second-order valence-corrected chi connectivity index (χ2v) is 6.11. The van der Waals surface area contributed by atoms with Gasteiger partial charge in [0.05, 0.1) is 0 Å². The van der Waals surface area contributed by atoms with E-state index in [2.05, 4.69) is 17.5 Å². The van der Waals surface area contributed by atoms with E-state index in [-0.39, 0.29) is 17.9 Å². The lowest BCUT2D eigenvalue weighted by Crippen LogP contribution is -2.70. The first-order valence-corrected chi connectivity index (χ1v) is 6.37. The Morgan fingerprint density at radius 1 is 1.41 bits per heavy atom. The first-order chi connectivity index (χ1) is 8.03. The van der Waals surface area contributed by atoms with Gasteiger partial charge in [-0.15, -0.1) is 0 Å². The Balaban J connectivity index is 1.89. The highest BCUT2D eigenvalue weighted by Crippen LogP contribution is 2.57. The molecule has 2 aliphatic heterocycles. The zero-order valence-corrected chi connectivity index (χ0v) is 10.1. The highest BCUT2D eigenvalue weighted by Gasteiger charge is 2.70. The molecule has 5 rings (SSSR count). The summed E-state index contributed by atoms with van der Waals surface area (Å²) in [6.45, 7) is 4.58. The third-order valence-corrected chi connectivity index (χ3v) is 4.66. The molecular weight excluding hydrogens is 218 g/mol. The molecule has 2 saturated heterocycles. The molecule has 1 unspecified atom stereocenters. The minimum Gasteiger partial charge on any atom is -0.353 e. The molecule has 0 aromatic rings. The van der Waals surface area contributed by atoms with Gasteiger partial charge in [-0.3, -0.25) is 4.79 Å². The monoisotopic (exact) mass is 235 g/mol. The fourth-order valence-electron chi connectivity index (χ4n) is 4.16. The van der Waals surface area contributed by atoms with Crippen LogP contribution in [0.1, 0.15) is 20.3 Å². The number of nitrogens with one attached hydrogen (secondary N) is 1. The van der Waals surface area contributed by atoms with Gasteiger partial charge in [-0.1, -0.05) is 12.2 Å². The molecule has 5 aliphatic rings. The Bertz CT molecular complexity index is 430. The standard InChI is InChI=1S/C13H17NO3/c1-12(2)16-10-7-3-4-9-8(5-7)6-14-11(15)13(9,10)17-12/h3-4,7-10H,5-6H2,1-2H3,(H,14,15)/t7-,8?,9+,10-,13+/m1/s1. The highest BCUT2D eigenvalue weighted by molar-refractivity contribution is 5.89. The van der Waals surface area contributed by atoms with Crippen molar-refractivity contribution in [2.45, 2.75) is 37.8 Å². The van der Waals surface area contributed by atoms with Gasteiger partial charge >= 0.3 is 0 Å².